The summed E-state index contributed by atoms with van der Waals surface area (Å²) in [6, 6.07) is 17.5. The smallest absolute Gasteiger partial charge is 0.469 e. The molecule has 3 aromatic carbocycles. The maximum Gasteiger partial charge on any atom is 0.530 e. The van der Waals surface area contributed by atoms with Crippen LogP contribution in [0.15, 0.2) is 54.6 Å². The minimum absolute atomic E-state index is 0.128. The van der Waals surface area contributed by atoms with Gasteiger partial charge in [0.1, 0.15) is 17.2 Å². The van der Waals surface area contributed by atoms with Crippen LogP contribution in [0.4, 0.5) is 0 Å². The van der Waals surface area contributed by atoms with Gasteiger partial charge in [-0.05, 0) is 70.4 Å². The Morgan fingerprint density at radius 1 is 0.538 bits per heavy atom. The van der Waals surface area contributed by atoms with Gasteiger partial charge in [-0.2, -0.15) is 0 Å². The number of ether oxygens (including phenoxy) is 2. The van der Waals surface area contributed by atoms with E-state index in [0.29, 0.717) is 42.8 Å². The van der Waals surface area contributed by atoms with E-state index in [1.807, 2.05) is 42.5 Å². The van der Waals surface area contributed by atoms with Crippen molar-refractivity contribution in [2.24, 2.45) is 0 Å². The zero-order chi connectivity index (χ0) is 38.9. The molecule has 0 saturated heterocycles. The Kier molecular flexibility index (Phi) is 14.6. The molecule has 0 aliphatic rings. The van der Waals surface area contributed by atoms with Crippen molar-refractivity contribution in [1.82, 2.24) is 0 Å². The van der Waals surface area contributed by atoms with Crippen LogP contribution in [0.1, 0.15) is 115 Å². The van der Waals surface area contributed by atoms with Crippen molar-refractivity contribution in [3.05, 3.63) is 88.0 Å². The predicted octanol–water partition coefficient (Wildman–Crippen LogP) is 9.25. The van der Waals surface area contributed by atoms with E-state index in [1.54, 1.807) is 0 Å². The van der Waals surface area contributed by atoms with E-state index in [1.165, 1.54) is 14.2 Å². The number of methoxy groups -OCH3 is 2. The lowest BCUT2D eigenvalue weighted by atomic mass is 9.85. The first-order chi connectivity index (χ1) is 24.2. The van der Waals surface area contributed by atoms with Crippen molar-refractivity contribution in [2.45, 2.75) is 117 Å². The third kappa shape index (κ3) is 12.5. The lowest BCUT2D eigenvalue weighted by Gasteiger charge is -2.29. The molecule has 0 unspecified atom stereocenters. The third-order valence-corrected chi connectivity index (χ3v) is 9.59. The fourth-order valence-corrected chi connectivity index (χ4v) is 6.59. The number of ketones is 1. The van der Waals surface area contributed by atoms with Gasteiger partial charge in [-0.25, -0.2) is 0 Å². The van der Waals surface area contributed by atoms with Gasteiger partial charge in [0.25, 0.3) is 0 Å². The zero-order valence-electron chi connectivity index (χ0n) is 32.6. The summed E-state index contributed by atoms with van der Waals surface area (Å²) in [6.07, 6.45) is 2.49. The molecule has 0 aliphatic carbocycles. The Morgan fingerprint density at radius 3 is 1.12 bits per heavy atom. The van der Waals surface area contributed by atoms with Crippen molar-refractivity contribution in [3.8, 4) is 17.2 Å². The van der Waals surface area contributed by atoms with Crippen molar-refractivity contribution >= 4 is 32.6 Å². The van der Waals surface area contributed by atoms with Gasteiger partial charge in [-0.1, -0.05) is 98.7 Å². The van der Waals surface area contributed by atoms with Gasteiger partial charge < -0.3 is 23.0 Å². The third-order valence-electron chi connectivity index (χ3n) is 8.56. The molecule has 3 rings (SSSR count). The van der Waals surface area contributed by atoms with Crippen molar-refractivity contribution in [2.75, 3.05) is 14.2 Å². The van der Waals surface area contributed by atoms with Crippen LogP contribution in [-0.4, -0.2) is 38.2 Å². The molecule has 0 radical (unpaired) electrons. The minimum atomic E-state index is -2.12. The van der Waals surface area contributed by atoms with Crippen molar-refractivity contribution < 1.29 is 42.2 Å². The van der Waals surface area contributed by atoms with Gasteiger partial charge in [0.2, 0.25) is 0 Å². The van der Waals surface area contributed by atoms with Gasteiger partial charge in [0, 0.05) is 36.0 Å². The van der Waals surface area contributed by atoms with Crippen LogP contribution >= 0.6 is 8.60 Å². The fourth-order valence-electron chi connectivity index (χ4n) is 5.52. The summed E-state index contributed by atoms with van der Waals surface area (Å²) in [4.78, 5) is 46.5. The molecular weight excluding hydrogens is 679 g/mol. The first kappa shape index (κ1) is 42.2. The van der Waals surface area contributed by atoms with E-state index in [9.17, 15) is 19.2 Å². The second-order valence-electron chi connectivity index (χ2n) is 16.0. The Morgan fingerprint density at radius 2 is 0.846 bits per heavy atom. The number of aldehydes is 1. The molecule has 0 bridgehead atoms. The molecular formula is C42H55O9P. The van der Waals surface area contributed by atoms with Gasteiger partial charge in [0.05, 0.1) is 14.2 Å². The largest absolute Gasteiger partial charge is 0.530 e. The molecule has 3 aromatic rings. The molecule has 0 heterocycles. The van der Waals surface area contributed by atoms with Crippen molar-refractivity contribution in [1.29, 1.82) is 0 Å². The average molecular weight is 735 g/mol. The second-order valence-corrected chi connectivity index (χ2v) is 17.0. The minimum Gasteiger partial charge on any atom is -0.469 e. The summed E-state index contributed by atoms with van der Waals surface area (Å²) >= 11 is 0. The van der Waals surface area contributed by atoms with Crippen LogP contribution in [0.3, 0.4) is 0 Å². The maximum absolute atomic E-state index is 11.9. The summed E-state index contributed by atoms with van der Waals surface area (Å²) < 4.78 is 29.9. The number of carbonyl (C=O) groups excluding carboxylic acids is 4. The van der Waals surface area contributed by atoms with Crippen LogP contribution in [-0.2, 0) is 64.2 Å². The Hall–Kier alpha value is -4.23. The number of benzene rings is 3. The van der Waals surface area contributed by atoms with E-state index in [-0.39, 0.29) is 47.4 Å². The topological polar surface area (TPSA) is 114 Å². The monoisotopic (exact) mass is 734 g/mol. The van der Waals surface area contributed by atoms with Gasteiger partial charge in [0.15, 0.2) is 12.1 Å². The first-order valence-corrected chi connectivity index (χ1v) is 18.7. The number of aryl methyl sites for hydroxylation is 3. The Bertz CT molecular complexity index is 1640. The molecule has 9 nitrogen and oxygen atoms in total. The van der Waals surface area contributed by atoms with Crippen LogP contribution in [0.25, 0.3) is 0 Å². The summed E-state index contributed by atoms with van der Waals surface area (Å²) in [5.41, 5.74) is 4.61. The Balaban J connectivity index is 2.13. The first-order valence-electron chi connectivity index (χ1n) is 17.6. The Labute approximate surface area is 310 Å². The lowest BCUT2D eigenvalue weighted by Crippen LogP contribution is -2.17. The molecule has 0 saturated carbocycles. The molecule has 0 N–H and O–H groups in total. The second kappa shape index (κ2) is 18.0. The van der Waals surface area contributed by atoms with E-state index >= 15 is 0 Å². The normalized spacial score (nSPS) is 11.9. The van der Waals surface area contributed by atoms with E-state index < -0.39 is 14.4 Å². The highest BCUT2D eigenvalue weighted by Crippen LogP contribution is 2.49. The van der Waals surface area contributed by atoms with Crippen LogP contribution in [0.2, 0.25) is 0 Å². The highest BCUT2D eigenvalue weighted by Gasteiger charge is 2.31. The van der Waals surface area contributed by atoms with Crippen LogP contribution in [0.5, 0.6) is 17.2 Å². The number of hydrogen-bond donors (Lipinski definition) is 0. The van der Waals surface area contributed by atoms with E-state index in [4.69, 9.17) is 23.0 Å². The summed E-state index contributed by atoms with van der Waals surface area (Å²) in [6.45, 7) is 18.8. The number of hydrogen-bond acceptors (Lipinski definition) is 9. The van der Waals surface area contributed by atoms with E-state index in [2.05, 4.69) is 74.4 Å². The molecule has 0 amide bonds. The van der Waals surface area contributed by atoms with Crippen molar-refractivity contribution in [3.63, 3.8) is 0 Å². The fraction of sp³-hybridized carbons (Fsp3) is 0.476. The van der Waals surface area contributed by atoms with Gasteiger partial charge in [-0.15, -0.1) is 0 Å². The van der Waals surface area contributed by atoms with Crippen LogP contribution in [0, 0.1) is 0 Å². The SMILES string of the molecule is COC(=O)CCc1ccc(OP(Oc2ccc(CCC(=O)C=O)cc2C(C)(C)C)Oc2ccc(CCC(=O)OC)cc2C(C)(C)C)c(C(C)(C)C)c1. The summed E-state index contributed by atoms with van der Waals surface area (Å²) in [7, 11) is 0.651. The quantitative estimate of drug-likeness (QED) is 0.0615. The molecule has 0 spiro atoms. The summed E-state index contributed by atoms with van der Waals surface area (Å²) in [5, 5.41) is 0. The molecule has 282 valence electrons. The number of Topliss-reactive ketones (excluding diaryl/α,β-unsaturated/α-hetero) is 1. The maximum atomic E-state index is 11.9. The molecule has 0 atom stereocenters. The predicted molar refractivity (Wildman–Crippen MR) is 204 cm³/mol. The summed E-state index contributed by atoms with van der Waals surface area (Å²) in [5.74, 6) is 0.764. The standard InChI is InChI=1S/C42H55O9P/c1-40(2,3)32-24-28(12-18-31(44)27-43)13-19-35(32)49-52(50-36-20-14-29(16-22-38(45)47-10)25-33(36)41(4,5)6)51-37-21-15-30(17-23-39(46)48-11)26-34(37)42(7,8)9/h13-15,19-21,24-27H,12,16-18,22-23H2,1-11H3. The lowest BCUT2D eigenvalue weighted by molar-refractivity contribution is -0.141. The number of esters is 2. The number of carbonyl (C=O) groups is 4. The molecule has 52 heavy (non-hydrogen) atoms. The molecule has 10 heteroatoms. The zero-order valence-corrected chi connectivity index (χ0v) is 33.5. The van der Waals surface area contributed by atoms with Gasteiger partial charge >= 0.3 is 20.5 Å². The van der Waals surface area contributed by atoms with Crippen LogP contribution < -0.4 is 13.6 Å². The highest BCUT2D eigenvalue weighted by atomic mass is 31.2. The molecule has 0 aromatic heterocycles. The molecule has 0 fully saturated rings. The van der Waals surface area contributed by atoms with Gasteiger partial charge in [-0.3, -0.25) is 19.2 Å². The molecule has 0 aliphatic heterocycles. The highest BCUT2D eigenvalue weighted by molar-refractivity contribution is 7.43. The average Bonchev–Trinajstić information content (AvgIpc) is 3.08. The van der Waals surface area contributed by atoms with E-state index in [0.717, 1.165) is 33.4 Å². The number of rotatable bonds is 16.